The molecule has 0 spiro atoms. The molecule has 2 heterocycles. The summed E-state index contributed by atoms with van der Waals surface area (Å²) in [5.41, 5.74) is 7.03. The van der Waals surface area contributed by atoms with E-state index in [2.05, 4.69) is 4.98 Å². The molecule has 0 radical (unpaired) electrons. The lowest BCUT2D eigenvalue weighted by atomic mass is 10.1. The van der Waals surface area contributed by atoms with E-state index in [4.69, 9.17) is 5.73 Å². The quantitative estimate of drug-likeness (QED) is 0.778. The van der Waals surface area contributed by atoms with Crippen molar-refractivity contribution in [1.29, 1.82) is 0 Å². The van der Waals surface area contributed by atoms with E-state index in [1.54, 1.807) is 11.3 Å². The normalized spacial score (nSPS) is 17.2. The van der Waals surface area contributed by atoms with E-state index < -0.39 is 0 Å². The average Bonchev–Trinajstić information content (AvgIpc) is 2.45. The number of rotatable bonds is 1. The Morgan fingerprint density at radius 3 is 2.85 bits per heavy atom. The van der Waals surface area contributed by atoms with Crippen molar-refractivity contribution in [1.82, 2.24) is 4.98 Å². The van der Waals surface area contributed by atoms with Crippen LogP contribution in [0.25, 0.3) is 0 Å². The Hall–Kier alpha value is -0.0600. The minimum atomic E-state index is -0.271. The zero-order valence-electron chi connectivity index (χ0n) is 7.96. The lowest BCUT2D eigenvalue weighted by molar-refractivity contribution is 0.548. The molecule has 2 N–H and O–H groups in total. The molecule has 0 amide bonds. The molecule has 72 valence electrons. The molecular formula is C9H14N2S2. The minimum absolute atomic E-state index is 0.271. The van der Waals surface area contributed by atoms with Crippen molar-refractivity contribution in [3.05, 3.63) is 15.6 Å². The first kappa shape index (κ1) is 9.49. The molecule has 0 bridgehead atoms. The second-order valence-electron chi connectivity index (χ2n) is 3.91. The number of thiazole rings is 1. The predicted molar refractivity (Wildman–Crippen MR) is 59.2 cm³/mol. The summed E-state index contributed by atoms with van der Waals surface area (Å²) < 4.78 is 0. The Bertz CT molecular complexity index is 288. The molecule has 0 fully saturated rings. The molecule has 2 rings (SSSR count). The molecule has 4 heteroatoms. The van der Waals surface area contributed by atoms with Crippen LogP contribution in [-0.4, -0.2) is 10.7 Å². The number of fused-ring (bicyclic) bond motifs is 1. The molecule has 0 saturated carbocycles. The largest absolute Gasteiger partial charge is 0.320 e. The molecule has 2 nitrogen and oxygen atoms in total. The highest BCUT2D eigenvalue weighted by molar-refractivity contribution is 7.98. The first-order valence-electron chi connectivity index (χ1n) is 4.43. The van der Waals surface area contributed by atoms with Crippen molar-refractivity contribution < 1.29 is 0 Å². The Balaban J connectivity index is 2.36. The van der Waals surface area contributed by atoms with Crippen LogP contribution in [0.4, 0.5) is 0 Å². The van der Waals surface area contributed by atoms with Crippen LogP contribution in [0, 0.1) is 0 Å². The first-order valence-corrected chi connectivity index (χ1v) is 6.40. The Morgan fingerprint density at radius 1 is 1.46 bits per heavy atom. The summed E-state index contributed by atoms with van der Waals surface area (Å²) in [6.45, 7) is 4.04. The number of hydrogen-bond acceptors (Lipinski definition) is 4. The van der Waals surface area contributed by atoms with E-state index in [9.17, 15) is 0 Å². The van der Waals surface area contributed by atoms with Crippen LogP contribution in [0.5, 0.6) is 0 Å². The summed E-state index contributed by atoms with van der Waals surface area (Å²) in [6.07, 6.45) is 1.12. The van der Waals surface area contributed by atoms with Crippen molar-refractivity contribution in [2.75, 3.05) is 5.75 Å². The van der Waals surface area contributed by atoms with Crippen molar-refractivity contribution >= 4 is 23.1 Å². The van der Waals surface area contributed by atoms with E-state index in [1.807, 2.05) is 25.6 Å². The van der Waals surface area contributed by atoms with Gasteiger partial charge in [-0.2, -0.15) is 11.8 Å². The molecule has 1 aromatic heterocycles. The topological polar surface area (TPSA) is 38.9 Å². The number of hydrogen-bond donors (Lipinski definition) is 1. The summed E-state index contributed by atoms with van der Waals surface area (Å²) in [4.78, 5) is 6.04. The zero-order chi connectivity index (χ0) is 9.47. The number of aryl methyl sites for hydroxylation is 1. The van der Waals surface area contributed by atoms with Gasteiger partial charge in [0.25, 0.3) is 0 Å². The van der Waals surface area contributed by atoms with Crippen LogP contribution in [0.2, 0.25) is 0 Å². The van der Waals surface area contributed by atoms with Crippen LogP contribution in [-0.2, 0) is 17.7 Å². The number of thioether (sulfide) groups is 1. The molecular weight excluding hydrogens is 200 g/mol. The molecule has 0 aromatic carbocycles. The highest BCUT2D eigenvalue weighted by atomic mass is 32.2. The van der Waals surface area contributed by atoms with Gasteiger partial charge in [-0.3, -0.25) is 0 Å². The van der Waals surface area contributed by atoms with E-state index in [0.717, 1.165) is 17.2 Å². The van der Waals surface area contributed by atoms with Gasteiger partial charge in [0.05, 0.1) is 11.2 Å². The summed E-state index contributed by atoms with van der Waals surface area (Å²) >= 11 is 3.78. The second-order valence-corrected chi connectivity index (χ2v) is 6.10. The molecule has 1 aliphatic heterocycles. The fourth-order valence-electron chi connectivity index (χ4n) is 1.30. The van der Waals surface area contributed by atoms with Gasteiger partial charge in [-0.15, -0.1) is 11.3 Å². The van der Waals surface area contributed by atoms with E-state index in [1.165, 1.54) is 16.3 Å². The fourth-order valence-corrected chi connectivity index (χ4v) is 3.54. The maximum atomic E-state index is 6.01. The molecule has 0 aliphatic carbocycles. The summed E-state index contributed by atoms with van der Waals surface area (Å²) in [5.74, 6) is 2.34. The lowest BCUT2D eigenvalue weighted by Gasteiger charge is -2.13. The van der Waals surface area contributed by atoms with Gasteiger partial charge in [0.2, 0.25) is 0 Å². The van der Waals surface area contributed by atoms with Gasteiger partial charge in [-0.25, -0.2) is 4.98 Å². The second kappa shape index (κ2) is 3.26. The lowest BCUT2D eigenvalue weighted by Crippen LogP contribution is -2.28. The summed E-state index contributed by atoms with van der Waals surface area (Å²) in [6, 6.07) is 0. The maximum absolute atomic E-state index is 6.01. The van der Waals surface area contributed by atoms with Gasteiger partial charge < -0.3 is 5.73 Å². The van der Waals surface area contributed by atoms with Gasteiger partial charge in [-0.1, -0.05) is 0 Å². The molecule has 1 aliphatic rings. The van der Waals surface area contributed by atoms with E-state index in [0.29, 0.717) is 0 Å². The molecule has 0 unspecified atom stereocenters. The van der Waals surface area contributed by atoms with Crippen LogP contribution < -0.4 is 5.73 Å². The monoisotopic (exact) mass is 214 g/mol. The van der Waals surface area contributed by atoms with Crippen molar-refractivity contribution in [3.8, 4) is 0 Å². The first-order chi connectivity index (χ1) is 6.07. The Labute approximate surface area is 86.9 Å². The Kier molecular flexibility index (Phi) is 2.38. The molecule has 0 atom stereocenters. The van der Waals surface area contributed by atoms with Gasteiger partial charge in [0.1, 0.15) is 5.01 Å². The van der Waals surface area contributed by atoms with E-state index in [-0.39, 0.29) is 5.54 Å². The number of aromatic nitrogens is 1. The highest BCUT2D eigenvalue weighted by Crippen LogP contribution is 2.32. The number of nitrogens with two attached hydrogens (primary N) is 1. The van der Waals surface area contributed by atoms with Crippen molar-refractivity contribution in [2.24, 2.45) is 5.73 Å². The predicted octanol–water partition coefficient (Wildman–Crippen LogP) is 2.13. The molecule has 0 saturated heterocycles. The summed E-state index contributed by atoms with van der Waals surface area (Å²) in [7, 11) is 0. The summed E-state index contributed by atoms with van der Waals surface area (Å²) in [5, 5.41) is 1.08. The number of nitrogens with zero attached hydrogens (tertiary/aromatic N) is 1. The van der Waals surface area contributed by atoms with Gasteiger partial charge in [-0.05, 0) is 26.0 Å². The highest BCUT2D eigenvalue weighted by Gasteiger charge is 2.23. The van der Waals surface area contributed by atoms with Gasteiger partial charge in [0.15, 0.2) is 0 Å². The third-order valence-corrected chi connectivity index (χ3v) is 4.65. The fraction of sp³-hybridized carbons (Fsp3) is 0.667. The standard InChI is InChI=1S/C9H14N2S2/c1-9(2,10)8-11-6-3-4-12-5-7(6)13-8/h3-5,10H2,1-2H3. The van der Waals surface area contributed by atoms with Crippen LogP contribution in [0.1, 0.15) is 29.4 Å². The van der Waals surface area contributed by atoms with Crippen LogP contribution in [0.3, 0.4) is 0 Å². The molecule has 1 aromatic rings. The molecule has 13 heavy (non-hydrogen) atoms. The Morgan fingerprint density at radius 2 is 2.23 bits per heavy atom. The van der Waals surface area contributed by atoms with Crippen LogP contribution in [0.15, 0.2) is 0 Å². The minimum Gasteiger partial charge on any atom is -0.320 e. The zero-order valence-corrected chi connectivity index (χ0v) is 9.60. The third kappa shape index (κ3) is 1.90. The van der Waals surface area contributed by atoms with Crippen molar-refractivity contribution in [3.63, 3.8) is 0 Å². The van der Waals surface area contributed by atoms with Gasteiger partial charge >= 0.3 is 0 Å². The maximum Gasteiger partial charge on any atom is 0.112 e. The van der Waals surface area contributed by atoms with Gasteiger partial charge in [0, 0.05) is 10.6 Å². The van der Waals surface area contributed by atoms with E-state index >= 15 is 0 Å². The third-order valence-electron chi connectivity index (χ3n) is 2.05. The van der Waals surface area contributed by atoms with Crippen LogP contribution >= 0.6 is 23.1 Å². The average molecular weight is 214 g/mol. The van der Waals surface area contributed by atoms with Crippen molar-refractivity contribution in [2.45, 2.75) is 31.6 Å². The smallest absolute Gasteiger partial charge is 0.112 e. The SMILES string of the molecule is CC(C)(N)c1nc2c(s1)CSCC2.